The van der Waals surface area contributed by atoms with Crippen molar-refractivity contribution in [3.05, 3.63) is 58.6 Å². The number of carbonyl (C=O) groups excluding carboxylic acids is 1. The van der Waals surface area contributed by atoms with E-state index in [1.165, 1.54) is 19.3 Å². The molecule has 0 saturated carbocycles. The Balaban J connectivity index is 1.90. The van der Waals surface area contributed by atoms with Gasteiger partial charge in [0.2, 0.25) is 0 Å². The summed E-state index contributed by atoms with van der Waals surface area (Å²) in [5.41, 5.74) is 2.95. The molecule has 3 rings (SSSR count). The molecule has 0 bridgehead atoms. The molecule has 0 amide bonds. The van der Waals surface area contributed by atoms with E-state index >= 15 is 0 Å². The van der Waals surface area contributed by atoms with Crippen molar-refractivity contribution in [3.8, 4) is 5.75 Å². The molecule has 1 fully saturated rings. The summed E-state index contributed by atoms with van der Waals surface area (Å²) in [5.74, 6) is 0.493. The lowest BCUT2D eigenvalue weighted by molar-refractivity contribution is -0.108. The van der Waals surface area contributed by atoms with E-state index in [4.69, 9.17) is 16.3 Å². The van der Waals surface area contributed by atoms with Crippen LogP contribution in [0.4, 0.5) is 5.69 Å². The van der Waals surface area contributed by atoms with Crippen LogP contribution >= 0.6 is 11.6 Å². The SMILES string of the molecule is CC(C=O)c1cc(Cl)c(N2CCCCC2)cc1OCc1ccccc1. The normalized spacial score (nSPS) is 15.7. The van der Waals surface area contributed by atoms with Crippen LogP contribution in [0.15, 0.2) is 42.5 Å². The van der Waals surface area contributed by atoms with Crippen molar-refractivity contribution in [2.24, 2.45) is 0 Å². The Kier molecular flexibility index (Phi) is 5.98. The summed E-state index contributed by atoms with van der Waals surface area (Å²) in [6.45, 7) is 4.37. The highest BCUT2D eigenvalue weighted by atomic mass is 35.5. The lowest BCUT2D eigenvalue weighted by Gasteiger charge is -2.30. The van der Waals surface area contributed by atoms with E-state index in [9.17, 15) is 4.79 Å². The van der Waals surface area contributed by atoms with Gasteiger partial charge < -0.3 is 14.4 Å². The average molecular weight is 358 g/mol. The fraction of sp³-hybridized carbons (Fsp3) is 0.381. The number of rotatable bonds is 6. The first-order valence-corrected chi connectivity index (χ1v) is 9.27. The van der Waals surface area contributed by atoms with Gasteiger partial charge >= 0.3 is 0 Å². The van der Waals surface area contributed by atoms with Crippen LogP contribution in [0, 0.1) is 0 Å². The predicted molar refractivity (Wildman–Crippen MR) is 103 cm³/mol. The fourth-order valence-electron chi connectivity index (χ4n) is 3.22. The Bertz CT molecular complexity index is 711. The van der Waals surface area contributed by atoms with Crippen molar-refractivity contribution in [2.45, 2.75) is 38.7 Å². The summed E-state index contributed by atoms with van der Waals surface area (Å²) in [6, 6.07) is 13.9. The van der Waals surface area contributed by atoms with Gasteiger partial charge in [-0.1, -0.05) is 48.9 Å². The van der Waals surface area contributed by atoms with Gasteiger partial charge in [0.25, 0.3) is 0 Å². The van der Waals surface area contributed by atoms with E-state index in [1.54, 1.807) is 0 Å². The number of piperidine rings is 1. The average Bonchev–Trinajstić information content (AvgIpc) is 2.67. The smallest absolute Gasteiger partial charge is 0.127 e. The maximum atomic E-state index is 11.3. The summed E-state index contributed by atoms with van der Waals surface area (Å²) >= 11 is 6.54. The quantitative estimate of drug-likeness (QED) is 0.664. The first-order chi connectivity index (χ1) is 12.2. The van der Waals surface area contributed by atoms with Crippen LogP contribution in [0.25, 0.3) is 0 Å². The van der Waals surface area contributed by atoms with Crippen LogP contribution in [0.1, 0.15) is 43.2 Å². The Morgan fingerprint density at radius 3 is 2.56 bits per heavy atom. The van der Waals surface area contributed by atoms with Gasteiger partial charge in [-0.2, -0.15) is 0 Å². The second kappa shape index (κ2) is 8.39. The zero-order chi connectivity index (χ0) is 17.6. The van der Waals surface area contributed by atoms with Crippen molar-refractivity contribution in [1.82, 2.24) is 0 Å². The number of aldehydes is 1. The van der Waals surface area contributed by atoms with Gasteiger partial charge in [0.15, 0.2) is 0 Å². The van der Waals surface area contributed by atoms with Gasteiger partial charge in [0.05, 0.1) is 10.7 Å². The van der Waals surface area contributed by atoms with Crippen molar-refractivity contribution in [3.63, 3.8) is 0 Å². The van der Waals surface area contributed by atoms with Crippen LogP contribution in [0.2, 0.25) is 5.02 Å². The van der Waals surface area contributed by atoms with Crippen molar-refractivity contribution >= 4 is 23.6 Å². The van der Waals surface area contributed by atoms with Gasteiger partial charge in [-0.25, -0.2) is 0 Å². The minimum Gasteiger partial charge on any atom is -0.489 e. The lowest BCUT2D eigenvalue weighted by atomic mass is 10.00. The molecule has 1 saturated heterocycles. The number of hydrogen-bond donors (Lipinski definition) is 0. The van der Waals surface area contributed by atoms with Crippen LogP contribution < -0.4 is 9.64 Å². The van der Waals surface area contributed by atoms with Gasteiger partial charge in [-0.15, -0.1) is 0 Å². The van der Waals surface area contributed by atoms with Crippen molar-refractivity contribution in [2.75, 3.05) is 18.0 Å². The molecular weight excluding hydrogens is 334 g/mol. The molecule has 1 heterocycles. The number of halogens is 1. The standard InChI is InChI=1S/C21H24ClNO2/c1-16(14-24)18-12-19(22)20(23-10-6-3-7-11-23)13-21(18)25-15-17-8-4-2-5-9-17/h2,4-5,8-9,12-14,16H,3,6-7,10-11,15H2,1H3. The zero-order valence-corrected chi connectivity index (χ0v) is 15.3. The molecule has 2 aromatic carbocycles. The maximum Gasteiger partial charge on any atom is 0.127 e. The van der Waals surface area contributed by atoms with E-state index in [2.05, 4.69) is 4.90 Å². The maximum absolute atomic E-state index is 11.3. The van der Waals surface area contributed by atoms with Gasteiger partial charge in [0, 0.05) is 30.6 Å². The second-order valence-corrected chi connectivity index (χ2v) is 7.00. The van der Waals surface area contributed by atoms with Crippen LogP contribution in [-0.2, 0) is 11.4 Å². The molecule has 1 unspecified atom stereocenters. The number of hydrogen-bond acceptors (Lipinski definition) is 3. The van der Waals surface area contributed by atoms with Gasteiger partial charge in [0.1, 0.15) is 18.6 Å². The van der Waals surface area contributed by atoms with Gasteiger partial charge in [-0.3, -0.25) is 0 Å². The number of benzene rings is 2. The van der Waals surface area contributed by atoms with Crippen LogP contribution in [0.5, 0.6) is 5.75 Å². The third kappa shape index (κ3) is 4.35. The molecule has 1 aliphatic rings. The number of carbonyl (C=O) groups is 1. The zero-order valence-electron chi connectivity index (χ0n) is 14.6. The van der Waals surface area contributed by atoms with E-state index in [0.29, 0.717) is 11.6 Å². The largest absolute Gasteiger partial charge is 0.489 e. The van der Waals surface area contributed by atoms with Crippen molar-refractivity contribution in [1.29, 1.82) is 0 Å². The second-order valence-electron chi connectivity index (χ2n) is 6.59. The van der Waals surface area contributed by atoms with Crippen LogP contribution in [0.3, 0.4) is 0 Å². The molecule has 1 atom stereocenters. The molecule has 0 aromatic heterocycles. The number of ether oxygens (including phenoxy) is 1. The van der Waals surface area contributed by atoms with Crippen LogP contribution in [-0.4, -0.2) is 19.4 Å². The third-order valence-electron chi connectivity index (χ3n) is 4.71. The molecule has 0 N–H and O–H groups in total. The number of anilines is 1. The summed E-state index contributed by atoms with van der Waals surface area (Å²) in [4.78, 5) is 13.6. The molecule has 25 heavy (non-hydrogen) atoms. The minimum atomic E-state index is -0.251. The van der Waals surface area contributed by atoms with Crippen molar-refractivity contribution < 1.29 is 9.53 Å². The topological polar surface area (TPSA) is 29.5 Å². The summed E-state index contributed by atoms with van der Waals surface area (Å²) in [5, 5.41) is 0.692. The van der Waals surface area contributed by atoms with E-state index < -0.39 is 0 Å². The summed E-state index contributed by atoms with van der Waals surface area (Å²) in [7, 11) is 0. The highest BCUT2D eigenvalue weighted by Crippen LogP contribution is 2.38. The molecule has 0 aliphatic carbocycles. The molecule has 0 radical (unpaired) electrons. The summed E-state index contributed by atoms with van der Waals surface area (Å²) < 4.78 is 6.09. The Morgan fingerprint density at radius 2 is 1.88 bits per heavy atom. The Morgan fingerprint density at radius 1 is 1.16 bits per heavy atom. The fourth-order valence-corrected chi connectivity index (χ4v) is 3.52. The lowest BCUT2D eigenvalue weighted by Crippen LogP contribution is -2.29. The molecule has 3 nitrogen and oxygen atoms in total. The highest BCUT2D eigenvalue weighted by molar-refractivity contribution is 6.33. The highest BCUT2D eigenvalue weighted by Gasteiger charge is 2.20. The molecule has 132 valence electrons. The first kappa shape index (κ1) is 17.8. The molecule has 4 heteroatoms. The Labute approximate surface area is 154 Å². The number of nitrogens with zero attached hydrogens (tertiary/aromatic N) is 1. The third-order valence-corrected chi connectivity index (χ3v) is 5.01. The van der Waals surface area contributed by atoms with E-state index in [0.717, 1.165) is 41.9 Å². The van der Waals surface area contributed by atoms with Gasteiger partial charge in [-0.05, 0) is 30.9 Å². The molecule has 2 aromatic rings. The molecule has 1 aliphatic heterocycles. The molecular formula is C21H24ClNO2. The predicted octanol–water partition coefficient (Wildman–Crippen LogP) is 5.21. The van der Waals surface area contributed by atoms with E-state index in [1.807, 2.05) is 49.4 Å². The first-order valence-electron chi connectivity index (χ1n) is 8.89. The summed E-state index contributed by atoms with van der Waals surface area (Å²) in [6.07, 6.45) is 4.57. The minimum absolute atomic E-state index is 0.251. The monoisotopic (exact) mass is 357 g/mol. The van der Waals surface area contributed by atoms with E-state index in [-0.39, 0.29) is 5.92 Å². The molecule has 0 spiro atoms. The Hall–Kier alpha value is -2.00.